The van der Waals surface area contributed by atoms with Crippen LogP contribution in [0.15, 0.2) is 18.2 Å². The van der Waals surface area contributed by atoms with Gasteiger partial charge in [-0.2, -0.15) is 0 Å². The zero-order valence-electron chi connectivity index (χ0n) is 11.0. The third-order valence-corrected chi connectivity index (χ3v) is 3.66. The number of amides is 2. The zero-order valence-corrected chi connectivity index (χ0v) is 11.0. The number of rotatable bonds is 3. The zero-order chi connectivity index (χ0) is 13.9. The van der Waals surface area contributed by atoms with Crippen LogP contribution in [0.4, 0.5) is 14.9 Å². The summed E-state index contributed by atoms with van der Waals surface area (Å²) < 4.78 is 13.1. The number of carbonyl (C=O) groups excluding carboxylic acids is 1. The van der Waals surface area contributed by atoms with Crippen LogP contribution in [0.2, 0.25) is 0 Å². The second-order valence-corrected chi connectivity index (χ2v) is 5.19. The van der Waals surface area contributed by atoms with Gasteiger partial charge in [-0.05, 0) is 43.5 Å². The predicted molar refractivity (Wildman–Crippen MR) is 71.6 cm³/mol. The van der Waals surface area contributed by atoms with Crippen molar-refractivity contribution < 1.29 is 14.3 Å². The Kier molecular flexibility index (Phi) is 4.04. The number of benzene rings is 1. The molecule has 0 unspecified atom stereocenters. The number of anilines is 1. The molecule has 4 nitrogen and oxygen atoms in total. The third-order valence-electron chi connectivity index (χ3n) is 3.66. The van der Waals surface area contributed by atoms with Crippen molar-refractivity contribution in [2.75, 3.05) is 11.9 Å². The van der Waals surface area contributed by atoms with Gasteiger partial charge in [0.2, 0.25) is 0 Å². The molecule has 0 heterocycles. The molecule has 19 heavy (non-hydrogen) atoms. The molecule has 0 saturated heterocycles. The number of carbonyl (C=O) groups is 1. The predicted octanol–water partition coefficient (Wildman–Crippen LogP) is 2.56. The Bertz CT molecular complexity index is 471. The van der Waals surface area contributed by atoms with E-state index in [-0.39, 0.29) is 18.5 Å². The van der Waals surface area contributed by atoms with Crippen LogP contribution in [-0.2, 0) is 0 Å². The second-order valence-electron chi connectivity index (χ2n) is 5.19. The maximum atomic E-state index is 13.1. The van der Waals surface area contributed by atoms with Gasteiger partial charge in [0.1, 0.15) is 5.82 Å². The molecule has 1 aliphatic rings. The van der Waals surface area contributed by atoms with Crippen LogP contribution in [0.25, 0.3) is 0 Å². The van der Waals surface area contributed by atoms with Crippen molar-refractivity contribution in [2.45, 2.75) is 38.1 Å². The Balaban J connectivity index is 1.99. The highest BCUT2D eigenvalue weighted by atomic mass is 19.1. The van der Waals surface area contributed by atoms with Crippen LogP contribution in [0.1, 0.15) is 31.2 Å². The SMILES string of the molecule is Cc1cc(NC(=O)NC2(CO)CCCC2)ccc1F. The largest absolute Gasteiger partial charge is 0.394 e. The van der Waals surface area contributed by atoms with Crippen molar-refractivity contribution in [1.29, 1.82) is 0 Å². The van der Waals surface area contributed by atoms with Gasteiger partial charge in [-0.3, -0.25) is 0 Å². The number of aliphatic hydroxyl groups is 1. The lowest BCUT2D eigenvalue weighted by Crippen LogP contribution is -2.50. The highest BCUT2D eigenvalue weighted by molar-refractivity contribution is 5.89. The number of hydrogen-bond acceptors (Lipinski definition) is 2. The number of aliphatic hydroxyl groups excluding tert-OH is 1. The molecule has 104 valence electrons. The Morgan fingerprint density at radius 1 is 1.42 bits per heavy atom. The number of aryl methyl sites for hydroxylation is 1. The molecule has 1 aromatic carbocycles. The number of nitrogens with one attached hydrogen (secondary N) is 2. The number of hydrogen-bond donors (Lipinski definition) is 3. The van der Waals surface area contributed by atoms with Crippen molar-refractivity contribution in [3.05, 3.63) is 29.6 Å². The summed E-state index contributed by atoms with van der Waals surface area (Å²) in [5.41, 5.74) is 0.525. The summed E-state index contributed by atoms with van der Waals surface area (Å²) in [6.07, 6.45) is 3.60. The first-order chi connectivity index (χ1) is 9.04. The molecular formula is C14H19FN2O2. The van der Waals surface area contributed by atoms with Crippen LogP contribution in [0.5, 0.6) is 0 Å². The van der Waals surface area contributed by atoms with E-state index in [1.54, 1.807) is 13.0 Å². The molecule has 0 aliphatic heterocycles. The first-order valence-electron chi connectivity index (χ1n) is 6.51. The van der Waals surface area contributed by atoms with E-state index < -0.39 is 5.54 Å². The van der Waals surface area contributed by atoms with Crippen molar-refractivity contribution in [1.82, 2.24) is 5.32 Å². The molecule has 1 aromatic rings. The topological polar surface area (TPSA) is 61.4 Å². The molecular weight excluding hydrogens is 247 g/mol. The Morgan fingerprint density at radius 3 is 2.68 bits per heavy atom. The summed E-state index contributed by atoms with van der Waals surface area (Å²) in [6, 6.07) is 4.06. The van der Waals surface area contributed by atoms with Gasteiger partial charge >= 0.3 is 6.03 Å². The van der Waals surface area contributed by atoms with Crippen molar-refractivity contribution >= 4 is 11.7 Å². The first-order valence-corrected chi connectivity index (χ1v) is 6.51. The summed E-state index contributed by atoms with van der Waals surface area (Å²) in [5.74, 6) is -0.298. The summed E-state index contributed by atoms with van der Waals surface area (Å²) in [4.78, 5) is 11.9. The van der Waals surface area contributed by atoms with Crippen LogP contribution in [-0.4, -0.2) is 23.3 Å². The lowest BCUT2D eigenvalue weighted by atomic mass is 9.99. The van der Waals surface area contributed by atoms with Gasteiger partial charge in [-0.1, -0.05) is 12.8 Å². The van der Waals surface area contributed by atoms with Gasteiger partial charge < -0.3 is 15.7 Å². The van der Waals surface area contributed by atoms with Crippen LogP contribution < -0.4 is 10.6 Å². The van der Waals surface area contributed by atoms with Gasteiger partial charge in [0, 0.05) is 5.69 Å². The molecule has 0 spiro atoms. The van der Waals surface area contributed by atoms with Gasteiger partial charge in [0.25, 0.3) is 0 Å². The Hall–Kier alpha value is -1.62. The molecule has 3 N–H and O–H groups in total. The van der Waals surface area contributed by atoms with Gasteiger partial charge in [-0.15, -0.1) is 0 Å². The average molecular weight is 266 g/mol. The third kappa shape index (κ3) is 3.23. The standard InChI is InChI=1S/C14H19FN2O2/c1-10-8-11(4-5-12(10)15)16-13(19)17-14(9-18)6-2-3-7-14/h4-5,8,18H,2-3,6-7,9H2,1H3,(H2,16,17,19). The van der Waals surface area contributed by atoms with Crippen molar-refractivity contribution in [2.24, 2.45) is 0 Å². The number of urea groups is 1. The highest BCUT2D eigenvalue weighted by Gasteiger charge is 2.34. The van der Waals surface area contributed by atoms with Crippen LogP contribution in [0.3, 0.4) is 0 Å². The van der Waals surface area contributed by atoms with E-state index in [0.29, 0.717) is 11.3 Å². The fourth-order valence-corrected chi connectivity index (χ4v) is 2.50. The molecule has 1 fully saturated rings. The van der Waals surface area contributed by atoms with Crippen LogP contribution in [0, 0.1) is 12.7 Å². The lowest BCUT2D eigenvalue weighted by Gasteiger charge is -2.28. The fraction of sp³-hybridized carbons (Fsp3) is 0.500. The molecule has 0 atom stereocenters. The molecule has 1 aliphatic carbocycles. The lowest BCUT2D eigenvalue weighted by molar-refractivity contribution is 0.167. The van der Waals surface area contributed by atoms with E-state index in [0.717, 1.165) is 25.7 Å². The van der Waals surface area contributed by atoms with Crippen molar-refractivity contribution in [3.8, 4) is 0 Å². The van der Waals surface area contributed by atoms with E-state index in [9.17, 15) is 14.3 Å². The van der Waals surface area contributed by atoms with Crippen LogP contribution >= 0.6 is 0 Å². The average Bonchev–Trinajstić information content (AvgIpc) is 2.83. The van der Waals surface area contributed by atoms with Crippen molar-refractivity contribution in [3.63, 3.8) is 0 Å². The maximum Gasteiger partial charge on any atom is 0.319 e. The molecule has 5 heteroatoms. The van der Waals surface area contributed by atoms with E-state index in [1.165, 1.54) is 12.1 Å². The molecule has 0 bridgehead atoms. The van der Waals surface area contributed by atoms with E-state index in [1.807, 2.05) is 0 Å². The monoisotopic (exact) mass is 266 g/mol. The summed E-state index contributed by atoms with van der Waals surface area (Å²) >= 11 is 0. The van der Waals surface area contributed by atoms with Gasteiger partial charge in [0.05, 0.1) is 12.1 Å². The molecule has 2 amide bonds. The normalized spacial score (nSPS) is 17.2. The minimum Gasteiger partial charge on any atom is -0.394 e. The fourth-order valence-electron chi connectivity index (χ4n) is 2.50. The molecule has 0 radical (unpaired) electrons. The molecule has 2 rings (SSSR count). The van der Waals surface area contributed by atoms with E-state index in [4.69, 9.17) is 0 Å². The quantitative estimate of drug-likeness (QED) is 0.787. The Morgan fingerprint density at radius 2 is 2.11 bits per heavy atom. The minimum atomic E-state index is -0.501. The highest BCUT2D eigenvalue weighted by Crippen LogP contribution is 2.29. The minimum absolute atomic E-state index is 0.0527. The first kappa shape index (κ1) is 13.8. The maximum absolute atomic E-state index is 13.1. The second kappa shape index (κ2) is 5.57. The number of halogens is 1. The molecule has 0 aromatic heterocycles. The smallest absolute Gasteiger partial charge is 0.319 e. The summed E-state index contributed by atoms with van der Waals surface area (Å²) in [7, 11) is 0. The van der Waals surface area contributed by atoms with Gasteiger partial charge in [-0.25, -0.2) is 9.18 Å². The molecule has 1 saturated carbocycles. The Labute approximate surface area is 112 Å². The summed E-state index contributed by atoms with van der Waals surface area (Å²) in [5, 5.41) is 14.9. The van der Waals surface area contributed by atoms with E-state index >= 15 is 0 Å². The summed E-state index contributed by atoms with van der Waals surface area (Å²) in [6.45, 7) is 1.59. The van der Waals surface area contributed by atoms with E-state index in [2.05, 4.69) is 10.6 Å². The van der Waals surface area contributed by atoms with Gasteiger partial charge in [0.15, 0.2) is 0 Å².